The first-order chi connectivity index (χ1) is 12.7. The van der Waals surface area contributed by atoms with Crippen molar-refractivity contribution in [1.29, 1.82) is 0 Å². The molecule has 0 saturated carbocycles. The molecule has 5 unspecified atom stereocenters. The maximum Gasteiger partial charge on any atom is 0.217 e. The van der Waals surface area contributed by atoms with Gasteiger partial charge in [0.05, 0.1) is 13.2 Å². The number of carbonyl (C=O) groups is 1. The van der Waals surface area contributed by atoms with Crippen LogP contribution in [-0.4, -0.2) is 111 Å². The standard InChI is InChI=1S/C15H26NO11.2CH4.CH3.Y/c1-5(19)16-8-13(10(21)7(4-18)25-14(8)24-2)27-15-12(23)11(22)9(20)6(3-17)26-15;;;;/h6-15,17-18,20-23H,2-4H2,1H3,(H,16,19);2*1H4;1H3;/q-1;;;-1;/t6?,7?,8?,9-,10-,11-,12?,13?,14+,15-;;;;/m0..../s1. The number of hydrogen-bond acceptors (Lipinski definition) is 11. The predicted octanol–water partition coefficient (Wildman–Crippen LogP) is -2.72. The molecule has 0 aromatic heterocycles. The third kappa shape index (κ3) is 8.16. The molecule has 2 rings (SSSR count). The minimum Gasteiger partial charge on any atom is -0.531 e. The van der Waals surface area contributed by atoms with Gasteiger partial charge in [-0.1, -0.05) is 14.9 Å². The second kappa shape index (κ2) is 15.9. The minimum atomic E-state index is -1.72. The molecule has 12 nitrogen and oxygen atoms in total. The summed E-state index contributed by atoms with van der Waals surface area (Å²) >= 11 is 0. The van der Waals surface area contributed by atoms with Crippen LogP contribution >= 0.6 is 0 Å². The van der Waals surface area contributed by atoms with Crippen LogP contribution in [0.3, 0.4) is 0 Å². The number of carbonyl (C=O) groups excluding carboxylic acids is 1. The van der Waals surface area contributed by atoms with Gasteiger partial charge < -0.3 is 62.3 Å². The Morgan fingerprint density at radius 1 is 0.935 bits per heavy atom. The van der Waals surface area contributed by atoms with Gasteiger partial charge in [-0.3, -0.25) is 4.79 Å². The molecule has 0 aromatic rings. The van der Waals surface area contributed by atoms with Crippen molar-refractivity contribution in [1.82, 2.24) is 5.32 Å². The van der Waals surface area contributed by atoms with E-state index in [-0.39, 0.29) is 55.0 Å². The Kier molecular flexibility index (Phi) is 18.4. The van der Waals surface area contributed by atoms with E-state index in [2.05, 4.69) is 12.4 Å². The smallest absolute Gasteiger partial charge is 0.217 e. The van der Waals surface area contributed by atoms with Crippen molar-refractivity contribution >= 4 is 5.91 Å². The van der Waals surface area contributed by atoms with Crippen LogP contribution in [0.4, 0.5) is 0 Å². The van der Waals surface area contributed by atoms with Gasteiger partial charge in [-0.15, -0.1) is 0 Å². The van der Waals surface area contributed by atoms with E-state index in [0.29, 0.717) is 0 Å². The van der Waals surface area contributed by atoms with Crippen LogP contribution in [0.15, 0.2) is 0 Å². The molecule has 1 radical (unpaired) electrons. The number of aliphatic hydroxyl groups is 6. The van der Waals surface area contributed by atoms with E-state index in [0.717, 1.165) is 0 Å². The van der Waals surface area contributed by atoms with Crippen molar-refractivity contribution in [3.05, 3.63) is 14.5 Å². The summed E-state index contributed by atoms with van der Waals surface area (Å²) in [5.74, 6) is -0.511. The Labute approximate surface area is 208 Å². The number of hydrogen-bond donors (Lipinski definition) is 7. The second-order valence-corrected chi connectivity index (χ2v) is 6.41. The SMILES string of the molecule is C.C.[CH2-]O[C@@H]1OC(CO)[C@H](O)C(O[C@@H]2OC(CO)[C@H](O)[C@H](O)C2O)C1NC(C)=O.[CH3-].[Y]. The van der Waals surface area contributed by atoms with Crippen LogP contribution in [0.1, 0.15) is 21.8 Å². The average Bonchev–Trinajstić information content (AvgIpc) is 2.64. The van der Waals surface area contributed by atoms with Crippen molar-refractivity contribution < 1.29 is 87.1 Å². The molecule has 0 aliphatic carbocycles. The zero-order valence-corrected chi connectivity index (χ0v) is 19.0. The Balaban J connectivity index is -0.00000196. The van der Waals surface area contributed by atoms with Crippen molar-refractivity contribution in [2.45, 2.75) is 83.1 Å². The Morgan fingerprint density at radius 3 is 1.87 bits per heavy atom. The molecule has 2 saturated heterocycles. The van der Waals surface area contributed by atoms with Gasteiger partial charge in [0.2, 0.25) is 5.91 Å². The molecular weight excluding hydrogens is 495 g/mol. The first-order valence-corrected chi connectivity index (χ1v) is 8.33. The van der Waals surface area contributed by atoms with E-state index in [1.165, 1.54) is 6.92 Å². The van der Waals surface area contributed by atoms with Crippen molar-refractivity contribution in [2.75, 3.05) is 13.2 Å². The maximum absolute atomic E-state index is 11.5. The summed E-state index contributed by atoms with van der Waals surface area (Å²) in [7, 11) is 3.22. The van der Waals surface area contributed by atoms with Gasteiger partial charge in [0, 0.05) is 39.6 Å². The summed E-state index contributed by atoms with van der Waals surface area (Å²) in [5, 5.41) is 61.4. The van der Waals surface area contributed by atoms with Crippen LogP contribution in [0.2, 0.25) is 0 Å². The second-order valence-electron chi connectivity index (χ2n) is 6.41. The van der Waals surface area contributed by atoms with Crippen molar-refractivity contribution in [2.24, 2.45) is 0 Å². The summed E-state index contributed by atoms with van der Waals surface area (Å²) < 4.78 is 21.0. The fraction of sp³-hybridized carbons (Fsp3) is 0.833. The zero-order chi connectivity index (χ0) is 20.3. The number of rotatable bonds is 6. The van der Waals surface area contributed by atoms with E-state index in [9.17, 15) is 35.4 Å². The molecule has 13 heteroatoms. The molecule has 0 bridgehead atoms. The Hall–Kier alpha value is 0.174. The number of aliphatic hydroxyl groups excluding tert-OH is 6. The molecule has 2 fully saturated rings. The van der Waals surface area contributed by atoms with Crippen LogP contribution in [0.5, 0.6) is 0 Å². The van der Waals surface area contributed by atoms with E-state index in [1.54, 1.807) is 0 Å². The molecule has 2 heterocycles. The van der Waals surface area contributed by atoms with Gasteiger partial charge in [0.1, 0.15) is 48.8 Å². The number of ether oxygens (including phenoxy) is 4. The van der Waals surface area contributed by atoms with Gasteiger partial charge in [0.25, 0.3) is 0 Å². The third-order valence-electron chi connectivity index (χ3n) is 4.53. The normalized spacial score (nSPS) is 39.6. The van der Waals surface area contributed by atoms with Crippen molar-refractivity contribution in [3.63, 3.8) is 0 Å². The zero-order valence-electron chi connectivity index (χ0n) is 16.2. The average molecular weight is 532 g/mol. The van der Waals surface area contributed by atoms with Gasteiger partial charge in [-0.2, -0.15) is 0 Å². The largest absolute Gasteiger partial charge is 0.531 e. The summed E-state index contributed by atoms with van der Waals surface area (Å²) in [4.78, 5) is 11.5. The van der Waals surface area contributed by atoms with Crippen molar-refractivity contribution in [3.8, 4) is 0 Å². The number of nitrogens with one attached hydrogen (secondary N) is 1. The maximum atomic E-state index is 11.5. The summed E-state index contributed by atoms with van der Waals surface area (Å²) in [6.07, 6.45) is -12.9. The quantitative estimate of drug-likeness (QED) is 0.176. The van der Waals surface area contributed by atoms with E-state index < -0.39 is 80.5 Å². The molecule has 10 atom stereocenters. The topological polar surface area (TPSA) is 187 Å². The third-order valence-corrected chi connectivity index (χ3v) is 4.53. The molecule has 0 aromatic carbocycles. The van der Waals surface area contributed by atoms with E-state index >= 15 is 0 Å². The molecule has 31 heavy (non-hydrogen) atoms. The monoisotopic (exact) mass is 532 g/mol. The molecule has 0 spiro atoms. The Bertz CT molecular complexity index is 501. The molecule has 2 aliphatic rings. The van der Waals surface area contributed by atoms with Crippen LogP contribution in [0, 0.1) is 14.5 Å². The van der Waals surface area contributed by atoms with E-state index in [4.69, 9.17) is 18.9 Å². The summed E-state index contributed by atoms with van der Waals surface area (Å²) in [6.45, 7) is -0.0713. The van der Waals surface area contributed by atoms with Crippen LogP contribution in [0.25, 0.3) is 0 Å². The molecule has 2 aliphatic heterocycles. The van der Waals surface area contributed by atoms with Gasteiger partial charge in [-0.05, 0) is 0 Å². The summed E-state index contributed by atoms with van der Waals surface area (Å²) in [6, 6.07) is -1.11. The first-order valence-electron chi connectivity index (χ1n) is 8.33. The fourth-order valence-corrected chi connectivity index (χ4v) is 3.09. The minimum absolute atomic E-state index is 0. The molecule has 1 amide bonds. The van der Waals surface area contributed by atoms with Gasteiger partial charge in [-0.25, -0.2) is 7.11 Å². The van der Waals surface area contributed by atoms with E-state index in [1.807, 2.05) is 0 Å². The van der Waals surface area contributed by atoms with Crippen LogP contribution < -0.4 is 5.32 Å². The predicted molar refractivity (Wildman–Crippen MR) is 104 cm³/mol. The van der Waals surface area contributed by atoms with Gasteiger partial charge in [0.15, 0.2) is 12.6 Å². The van der Waals surface area contributed by atoms with Gasteiger partial charge >= 0.3 is 0 Å². The van der Waals surface area contributed by atoms with Crippen LogP contribution in [-0.2, 0) is 56.5 Å². The Morgan fingerprint density at radius 2 is 1.42 bits per heavy atom. The number of amides is 1. The molecule has 185 valence electrons. The molecular formula is C18H37NO11Y-2. The summed E-state index contributed by atoms with van der Waals surface area (Å²) in [5.41, 5.74) is 0. The molecule has 7 N–H and O–H groups in total. The fourth-order valence-electron chi connectivity index (χ4n) is 3.09. The first kappa shape index (κ1) is 35.8.